The quantitative estimate of drug-likeness (QED) is 0.519. The highest BCUT2D eigenvalue weighted by Crippen LogP contribution is 2.34. The molecule has 1 atom stereocenters. The summed E-state index contributed by atoms with van der Waals surface area (Å²) in [6, 6.07) is 12.7. The summed E-state index contributed by atoms with van der Waals surface area (Å²) in [5.41, 5.74) is 1.68. The SMILES string of the molecule is COc1ccc(OC)c(-c2cc(CN(C[C@@H]3CCCO3)C(=O)c3ccc(F)cc3)no2)c1. The fraction of sp³-hybridized carbons (Fsp3) is 0.333. The van der Waals surface area contributed by atoms with Gasteiger partial charge in [-0.3, -0.25) is 4.79 Å². The number of ether oxygens (including phenoxy) is 3. The van der Waals surface area contributed by atoms with Gasteiger partial charge in [0.15, 0.2) is 5.76 Å². The lowest BCUT2D eigenvalue weighted by Crippen LogP contribution is -2.37. The smallest absolute Gasteiger partial charge is 0.254 e. The maximum Gasteiger partial charge on any atom is 0.254 e. The summed E-state index contributed by atoms with van der Waals surface area (Å²) in [4.78, 5) is 14.8. The molecule has 168 valence electrons. The number of carbonyl (C=O) groups is 1. The number of aromatic nitrogens is 1. The van der Waals surface area contributed by atoms with Crippen LogP contribution in [0.1, 0.15) is 28.9 Å². The average molecular weight is 440 g/mol. The molecule has 8 heteroatoms. The van der Waals surface area contributed by atoms with Crippen molar-refractivity contribution in [3.8, 4) is 22.8 Å². The maximum absolute atomic E-state index is 13.3. The van der Waals surface area contributed by atoms with E-state index in [4.69, 9.17) is 18.7 Å². The Morgan fingerprint density at radius 1 is 1.16 bits per heavy atom. The molecule has 0 spiro atoms. The third-order valence-electron chi connectivity index (χ3n) is 5.41. The molecule has 1 aliphatic rings. The van der Waals surface area contributed by atoms with Crippen LogP contribution in [0.2, 0.25) is 0 Å². The number of halogens is 1. The Morgan fingerprint density at radius 3 is 2.66 bits per heavy atom. The van der Waals surface area contributed by atoms with E-state index >= 15 is 0 Å². The van der Waals surface area contributed by atoms with Crippen LogP contribution in [0, 0.1) is 5.82 Å². The molecule has 32 heavy (non-hydrogen) atoms. The van der Waals surface area contributed by atoms with Crippen molar-refractivity contribution in [3.05, 3.63) is 65.6 Å². The molecule has 1 saturated heterocycles. The van der Waals surface area contributed by atoms with Gasteiger partial charge in [-0.2, -0.15) is 0 Å². The number of rotatable bonds is 8. The van der Waals surface area contributed by atoms with E-state index < -0.39 is 0 Å². The molecule has 0 N–H and O–H groups in total. The lowest BCUT2D eigenvalue weighted by Gasteiger charge is -2.24. The molecule has 0 radical (unpaired) electrons. The zero-order chi connectivity index (χ0) is 22.5. The Kier molecular flexibility index (Phi) is 6.70. The Morgan fingerprint density at radius 2 is 1.97 bits per heavy atom. The van der Waals surface area contributed by atoms with Gasteiger partial charge in [-0.05, 0) is 55.3 Å². The number of hydrogen-bond acceptors (Lipinski definition) is 6. The predicted octanol–water partition coefficient (Wildman–Crippen LogP) is 4.32. The minimum atomic E-state index is -0.388. The van der Waals surface area contributed by atoms with Crippen LogP contribution in [0.5, 0.6) is 11.5 Å². The van der Waals surface area contributed by atoms with Crippen LogP contribution >= 0.6 is 0 Å². The third kappa shape index (κ3) is 4.91. The topological polar surface area (TPSA) is 74.0 Å². The van der Waals surface area contributed by atoms with E-state index in [0.29, 0.717) is 47.2 Å². The van der Waals surface area contributed by atoms with E-state index in [9.17, 15) is 9.18 Å². The van der Waals surface area contributed by atoms with Crippen molar-refractivity contribution in [2.24, 2.45) is 0 Å². The van der Waals surface area contributed by atoms with Crippen molar-refractivity contribution in [2.75, 3.05) is 27.4 Å². The van der Waals surface area contributed by atoms with Crippen LogP contribution in [-0.4, -0.2) is 49.4 Å². The van der Waals surface area contributed by atoms with Crippen molar-refractivity contribution in [1.82, 2.24) is 10.1 Å². The number of amides is 1. The van der Waals surface area contributed by atoms with Crippen molar-refractivity contribution in [3.63, 3.8) is 0 Å². The molecular formula is C24H25FN2O5. The maximum atomic E-state index is 13.3. The van der Waals surface area contributed by atoms with Crippen LogP contribution in [0.15, 0.2) is 53.1 Å². The van der Waals surface area contributed by atoms with Gasteiger partial charge in [0.05, 0.1) is 32.4 Å². The predicted molar refractivity (Wildman–Crippen MR) is 115 cm³/mol. The molecule has 3 aromatic rings. The Hall–Kier alpha value is -3.39. The van der Waals surface area contributed by atoms with Crippen molar-refractivity contribution >= 4 is 5.91 Å². The van der Waals surface area contributed by atoms with Crippen molar-refractivity contribution in [1.29, 1.82) is 0 Å². The van der Waals surface area contributed by atoms with Crippen molar-refractivity contribution in [2.45, 2.75) is 25.5 Å². The number of nitrogens with zero attached hydrogens (tertiary/aromatic N) is 2. The van der Waals surface area contributed by atoms with Gasteiger partial charge >= 0.3 is 0 Å². The number of carbonyl (C=O) groups excluding carboxylic acids is 1. The monoisotopic (exact) mass is 440 g/mol. The molecule has 1 amide bonds. The second-order valence-electron chi connectivity index (χ2n) is 7.58. The van der Waals surface area contributed by atoms with Gasteiger partial charge in [-0.15, -0.1) is 0 Å². The van der Waals surface area contributed by atoms with Crippen LogP contribution in [0.25, 0.3) is 11.3 Å². The van der Waals surface area contributed by atoms with Gasteiger partial charge in [0, 0.05) is 24.8 Å². The number of hydrogen-bond donors (Lipinski definition) is 0. The van der Waals surface area contributed by atoms with E-state index in [1.807, 2.05) is 0 Å². The first-order valence-electron chi connectivity index (χ1n) is 10.4. The van der Waals surface area contributed by atoms with E-state index in [1.165, 1.54) is 24.3 Å². The summed E-state index contributed by atoms with van der Waals surface area (Å²) in [5.74, 6) is 1.17. The van der Waals surface area contributed by atoms with Crippen LogP contribution in [-0.2, 0) is 11.3 Å². The Bertz CT molecular complexity index is 1060. The summed E-state index contributed by atoms with van der Waals surface area (Å²) >= 11 is 0. The standard InChI is InChI=1S/C24H25FN2O5/c1-29-19-9-10-22(30-2)21(13-19)23-12-18(26-32-23)14-27(15-20-4-3-11-31-20)24(28)16-5-7-17(25)8-6-16/h5-10,12-13,20H,3-4,11,14-15H2,1-2H3/t20-/m0/s1. The fourth-order valence-electron chi connectivity index (χ4n) is 3.74. The first-order valence-corrected chi connectivity index (χ1v) is 10.4. The van der Waals surface area contributed by atoms with Gasteiger partial charge < -0.3 is 23.6 Å². The molecule has 0 saturated carbocycles. The summed E-state index contributed by atoms with van der Waals surface area (Å²) in [7, 11) is 3.16. The number of methoxy groups -OCH3 is 2. The summed E-state index contributed by atoms with van der Waals surface area (Å²) in [5, 5.41) is 4.16. The zero-order valence-corrected chi connectivity index (χ0v) is 18.0. The summed E-state index contributed by atoms with van der Waals surface area (Å²) in [6.07, 6.45) is 1.81. The lowest BCUT2D eigenvalue weighted by molar-refractivity contribution is 0.0502. The van der Waals surface area contributed by atoms with E-state index in [0.717, 1.165) is 12.8 Å². The van der Waals surface area contributed by atoms with Gasteiger partial charge in [0.1, 0.15) is 23.0 Å². The molecule has 7 nitrogen and oxygen atoms in total. The molecule has 0 bridgehead atoms. The largest absolute Gasteiger partial charge is 0.497 e. The molecule has 2 aromatic carbocycles. The molecule has 1 aromatic heterocycles. The molecular weight excluding hydrogens is 415 g/mol. The van der Waals surface area contributed by atoms with Gasteiger partial charge in [-0.1, -0.05) is 5.16 Å². The minimum Gasteiger partial charge on any atom is -0.497 e. The zero-order valence-electron chi connectivity index (χ0n) is 18.0. The third-order valence-corrected chi connectivity index (χ3v) is 5.41. The van der Waals surface area contributed by atoms with E-state index in [2.05, 4.69) is 5.16 Å². The van der Waals surface area contributed by atoms with E-state index in [1.54, 1.807) is 43.4 Å². The fourth-order valence-corrected chi connectivity index (χ4v) is 3.74. The lowest BCUT2D eigenvalue weighted by atomic mass is 10.1. The second-order valence-corrected chi connectivity index (χ2v) is 7.58. The molecule has 4 rings (SSSR count). The highest BCUT2D eigenvalue weighted by Gasteiger charge is 2.25. The Balaban J connectivity index is 1.58. The van der Waals surface area contributed by atoms with Crippen LogP contribution < -0.4 is 9.47 Å². The van der Waals surface area contributed by atoms with Gasteiger partial charge in [-0.25, -0.2) is 4.39 Å². The first-order chi connectivity index (χ1) is 15.6. The summed E-state index contributed by atoms with van der Waals surface area (Å²) < 4.78 is 35.3. The van der Waals surface area contributed by atoms with Gasteiger partial charge in [0.2, 0.25) is 0 Å². The summed E-state index contributed by atoms with van der Waals surface area (Å²) in [6.45, 7) is 1.33. The highest BCUT2D eigenvalue weighted by molar-refractivity contribution is 5.94. The molecule has 2 heterocycles. The van der Waals surface area contributed by atoms with E-state index in [-0.39, 0.29) is 24.4 Å². The molecule has 1 fully saturated rings. The Labute approximate surface area is 185 Å². The second kappa shape index (κ2) is 9.82. The normalized spacial score (nSPS) is 15.5. The number of benzene rings is 2. The molecule has 0 aliphatic carbocycles. The average Bonchev–Trinajstić information content (AvgIpc) is 3.50. The first kappa shape index (κ1) is 21.8. The highest BCUT2D eigenvalue weighted by atomic mass is 19.1. The van der Waals surface area contributed by atoms with Gasteiger partial charge in [0.25, 0.3) is 5.91 Å². The van der Waals surface area contributed by atoms with Crippen LogP contribution in [0.3, 0.4) is 0 Å². The van der Waals surface area contributed by atoms with Crippen molar-refractivity contribution < 1.29 is 27.9 Å². The van der Waals surface area contributed by atoms with Crippen LogP contribution in [0.4, 0.5) is 4.39 Å². The molecule has 0 unspecified atom stereocenters. The molecule has 1 aliphatic heterocycles. The minimum absolute atomic E-state index is 0.0377.